The summed E-state index contributed by atoms with van der Waals surface area (Å²) in [6.45, 7) is 8.13. The average Bonchev–Trinajstić information content (AvgIpc) is 2.18. The summed E-state index contributed by atoms with van der Waals surface area (Å²) in [5, 5.41) is 0. The highest BCUT2D eigenvalue weighted by Gasteiger charge is 2.28. The Labute approximate surface area is 95.2 Å². The first-order chi connectivity index (χ1) is 7.00. The molecule has 90 valence electrons. The Morgan fingerprint density at radius 2 is 2.00 bits per heavy atom. The summed E-state index contributed by atoms with van der Waals surface area (Å²) in [4.78, 5) is 2.49. The Balaban J connectivity index is 2.38. The zero-order chi connectivity index (χ0) is 11.4. The molecule has 0 heterocycles. The second kappa shape index (κ2) is 5.86. The first-order valence-electron chi connectivity index (χ1n) is 6.46. The molecule has 0 aromatic carbocycles. The van der Waals surface area contributed by atoms with Crippen LogP contribution in [0, 0.1) is 11.8 Å². The second-order valence-electron chi connectivity index (χ2n) is 5.81. The van der Waals surface area contributed by atoms with E-state index in [-0.39, 0.29) is 0 Å². The van der Waals surface area contributed by atoms with Crippen LogP contribution in [0.15, 0.2) is 0 Å². The number of rotatable bonds is 4. The van der Waals surface area contributed by atoms with Crippen molar-refractivity contribution in [3.8, 4) is 0 Å². The average molecular weight is 212 g/mol. The lowest BCUT2D eigenvalue weighted by atomic mass is 9.83. The molecule has 0 saturated heterocycles. The van der Waals surface area contributed by atoms with Gasteiger partial charge in [0.2, 0.25) is 0 Å². The summed E-state index contributed by atoms with van der Waals surface area (Å²) < 4.78 is 0. The van der Waals surface area contributed by atoms with Crippen LogP contribution in [-0.4, -0.2) is 30.6 Å². The third kappa shape index (κ3) is 4.12. The van der Waals surface area contributed by atoms with Gasteiger partial charge < -0.3 is 10.6 Å². The van der Waals surface area contributed by atoms with Crippen molar-refractivity contribution in [2.45, 2.75) is 58.5 Å². The molecule has 2 heteroatoms. The van der Waals surface area contributed by atoms with Gasteiger partial charge in [0.25, 0.3) is 0 Å². The van der Waals surface area contributed by atoms with E-state index in [0.717, 1.165) is 11.8 Å². The van der Waals surface area contributed by atoms with Crippen LogP contribution in [0.1, 0.15) is 46.5 Å². The lowest BCUT2D eigenvalue weighted by Crippen LogP contribution is -2.49. The van der Waals surface area contributed by atoms with Crippen molar-refractivity contribution in [2.24, 2.45) is 17.6 Å². The second-order valence-corrected chi connectivity index (χ2v) is 5.81. The molecule has 0 aliphatic heterocycles. The molecule has 3 atom stereocenters. The molecule has 1 saturated carbocycles. The molecule has 0 bridgehead atoms. The first kappa shape index (κ1) is 13.0. The highest BCUT2D eigenvalue weighted by molar-refractivity contribution is 4.87. The lowest BCUT2D eigenvalue weighted by molar-refractivity contribution is 0.137. The van der Waals surface area contributed by atoms with E-state index in [0.29, 0.717) is 12.1 Å². The largest absolute Gasteiger partial charge is 0.326 e. The van der Waals surface area contributed by atoms with E-state index in [4.69, 9.17) is 5.73 Å². The molecule has 1 aliphatic rings. The van der Waals surface area contributed by atoms with E-state index in [2.05, 4.69) is 32.7 Å². The van der Waals surface area contributed by atoms with Crippen LogP contribution >= 0.6 is 0 Å². The van der Waals surface area contributed by atoms with Gasteiger partial charge in [-0.15, -0.1) is 0 Å². The summed E-state index contributed by atoms with van der Waals surface area (Å²) in [7, 11) is 2.24. The van der Waals surface area contributed by atoms with E-state index >= 15 is 0 Å². The normalized spacial score (nSPS) is 32.6. The molecule has 0 aromatic rings. The summed E-state index contributed by atoms with van der Waals surface area (Å²) in [5.74, 6) is 1.65. The fourth-order valence-electron chi connectivity index (χ4n) is 2.51. The molecule has 1 rings (SSSR count). The van der Waals surface area contributed by atoms with Crippen molar-refractivity contribution in [3.05, 3.63) is 0 Å². The Morgan fingerprint density at radius 1 is 1.33 bits per heavy atom. The molecule has 3 unspecified atom stereocenters. The molecule has 2 nitrogen and oxygen atoms in total. The summed E-state index contributed by atoms with van der Waals surface area (Å²) >= 11 is 0. The van der Waals surface area contributed by atoms with Gasteiger partial charge in [0.15, 0.2) is 0 Å². The van der Waals surface area contributed by atoms with Crippen molar-refractivity contribution in [1.29, 1.82) is 0 Å². The van der Waals surface area contributed by atoms with Gasteiger partial charge in [-0.1, -0.05) is 20.8 Å². The van der Waals surface area contributed by atoms with Gasteiger partial charge in [-0.3, -0.25) is 0 Å². The molecular formula is C13H28N2. The monoisotopic (exact) mass is 212 g/mol. The fraction of sp³-hybridized carbons (Fsp3) is 1.00. The number of hydrogen-bond acceptors (Lipinski definition) is 2. The van der Waals surface area contributed by atoms with Crippen molar-refractivity contribution in [2.75, 3.05) is 13.6 Å². The standard InChI is InChI=1S/C13H28N2/c1-10(2)7-8-15(4)13-9-11(3)5-6-12(13)14/h10-13H,5-9,14H2,1-4H3. The Hall–Kier alpha value is -0.0800. The van der Waals surface area contributed by atoms with Crippen molar-refractivity contribution < 1.29 is 0 Å². The highest BCUT2D eigenvalue weighted by Crippen LogP contribution is 2.26. The quantitative estimate of drug-likeness (QED) is 0.776. The first-order valence-corrected chi connectivity index (χ1v) is 6.46. The third-order valence-corrected chi connectivity index (χ3v) is 3.76. The van der Waals surface area contributed by atoms with Crippen LogP contribution in [0.3, 0.4) is 0 Å². The molecule has 2 N–H and O–H groups in total. The lowest BCUT2D eigenvalue weighted by Gasteiger charge is -2.39. The smallest absolute Gasteiger partial charge is 0.0246 e. The molecular weight excluding hydrogens is 184 g/mol. The third-order valence-electron chi connectivity index (χ3n) is 3.76. The minimum absolute atomic E-state index is 0.401. The fourth-order valence-corrected chi connectivity index (χ4v) is 2.51. The molecule has 0 aromatic heterocycles. The topological polar surface area (TPSA) is 29.3 Å². The Bertz CT molecular complexity index is 179. The number of nitrogens with zero attached hydrogens (tertiary/aromatic N) is 1. The minimum Gasteiger partial charge on any atom is -0.326 e. The van der Waals surface area contributed by atoms with E-state index in [9.17, 15) is 0 Å². The van der Waals surface area contributed by atoms with Gasteiger partial charge >= 0.3 is 0 Å². The predicted octanol–water partition coefficient (Wildman–Crippen LogP) is 2.48. The zero-order valence-electron chi connectivity index (χ0n) is 10.9. The van der Waals surface area contributed by atoms with E-state index in [1.165, 1.54) is 32.2 Å². The van der Waals surface area contributed by atoms with Crippen LogP contribution < -0.4 is 5.73 Å². The van der Waals surface area contributed by atoms with Gasteiger partial charge in [0, 0.05) is 12.1 Å². The van der Waals surface area contributed by atoms with Crippen LogP contribution in [0.5, 0.6) is 0 Å². The minimum atomic E-state index is 0.401. The van der Waals surface area contributed by atoms with Gasteiger partial charge in [-0.2, -0.15) is 0 Å². The molecule has 1 aliphatic carbocycles. The van der Waals surface area contributed by atoms with Crippen LogP contribution in [-0.2, 0) is 0 Å². The maximum absolute atomic E-state index is 6.21. The zero-order valence-corrected chi connectivity index (χ0v) is 10.9. The predicted molar refractivity (Wildman–Crippen MR) is 66.9 cm³/mol. The van der Waals surface area contributed by atoms with Crippen molar-refractivity contribution >= 4 is 0 Å². The SMILES string of the molecule is CC(C)CCN(C)C1CC(C)CCC1N. The Kier molecular flexibility index (Phi) is 5.07. The number of hydrogen-bond donors (Lipinski definition) is 1. The summed E-state index contributed by atoms with van der Waals surface area (Å²) in [5.41, 5.74) is 6.21. The molecule has 15 heavy (non-hydrogen) atoms. The molecule has 1 fully saturated rings. The highest BCUT2D eigenvalue weighted by atomic mass is 15.1. The van der Waals surface area contributed by atoms with Gasteiger partial charge in [0.05, 0.1) is 0 Å². The summed E-state index contributed by atoms with van der Waals surface area (Å²) in [6, 6.07) is 1.02. The van der Waals surface area contributed by atoms with Crippen molar-refractivity contribution in [3.63, 3.8) is 0 Å². The van der Waals surface area contributed by atoms with Crippen LogP contribution in [0.2, 0.25) is 0 Å². The van der Waals surface area contributed by atoms with Gasteiger partial charge in [0.1, 0.15) is 0 Å². The number of nitrogens with two attached hydrogens (primary N) is 1. The van der Waals surface area contributed by atoms with E-state index < -0.39 is 0 Å². The Morgan fingerprint density at radius 3 is 2.60 bits per heavy atom. The van der Waals surface area contributed by atoms with Gasteiger partial charge in [-0.05, 0) is 51.1 Å². The maximum Gasteiger partial charge on any atom is 0.0246 e. The molecule has 0 amide bonds. The van der Waals surface area contributed by atoms with Crippen LogP contribution in [0.4, 0.5) is 0 Å². The van der Waals surface area contributed by atoms with E-state index in [1.54, 1.807) is 0 Å². The molecule has 0 spiro atoms. The molecule has 0 radical (unpaired) electrons. The van der Waals surface area contributed by atoms with Crippen molar-refractivity contribution in [1.82, 2.24) is 4.90 Å². The number of likely N-dealkylation sites (N-methyl/N-ethyl adjacent to an activating group) is 1. The summed E-state index contributed by atoms with van der Waals surface area (Å²) in [6.07, 6.45) is 5.09. The van der Waals surface area contributed by atoms with Crippen LogP contribution in [0.25, 0.3) is 0 Å². The maximum atomic E-state index is 6.21. The van der Waals surface area contributed by atoms with Gasteiger partial charge in [-0.25, -0.2) is 0 Å². The van der Waals surface area contributed by atoms with E-state index in [1.807, 2.05) is 0 Å².